The second kappa shape index (κ2) is 6.43. The van der Waals surface area contributed by atoms with Crippen LogP contribution in [-0.4, -0.2) is 36.2 Å². The summed E-state index contributed by atoms with van der Waals surface area (Å²) in [7, 11) is 0. The number of fused-ring (bicyclic) bond motifs is 2. The Balaban J connectivity index is 1.91. The number of hydrogen-bond acceptors (Lipinski definition) is 5. The van der Waals surface area contributed by atoms with Crippen molar-refractivity contribution < 1.29 is 9.47 Å². The summed E-state index contributed by atoms with van der Waals surface area (Å²) >= 11 is 1.87. The predicted molar refractivity (Wildman–Crippen MR) is 88.8 cm³/mol. The monoisotopic (exact) mass is 304 g/mol. The van der Waals surface area contributed by atoms with Crippen molar-refractivity contribution in [3.8, 4) is 11.5 Å². The van der Waals surface area contributed by atoms with E-state index in [0.717, 1.165) is 40.3 Å². The van der Waals surface area contributed by atoms with Crippen molar-refractivity contribution in [1.82, 2.24) is 4.98 Å². The quantitative estimate of drug-likeness (QED) is 0.915. The summed E-state index contributed by atoms with van der Waals surface area (Å²) in [6.07, 6.45) is 5.08. The van der Waals surface area contributed by atoms with Gasteiger partial charge in [0.2, 0.25) is 0 Å². The molecule has 0 aliphatic carbocycles. The van der Waals surface area contributed by atoms with Crippen molar-refractivity contribution >= 4 is 28.4 Å². The average molecular weight is 304 g/mol. The van der Waals surface area contributed by atoms with Crippen LogP contribution < -0.4 is 14.8 Å². The maximum atomic E-state index is 5.67. The molecule has 21 heavy (non-hydrogen) atoms. The molecule has 1 N–H and O–H groups in total. The van der Waals surface area contributed by atoms with Crippen molar-refractivity contribution in [2.45, 2.75) is 19.4 Å². The first-order chi connectivity index (χ1) is 10.3. The average Bonchev–Trinajstić information content (AvgIpc) is 2.51. The summed E-state index contributed by atoms with van der Waals surface area (Å²) in [5.74, 6) is 3.69. The first-order valence-corrected chi connectivity index (χ1v) is 8.61. The maximum Gasteiger partial charge on any atom is 0.162 e. The van der Waals surface area contributed by atoms with Gasteiger partial charge in [0.15, 0.2) is 11.5 Å². The van der Waals surface area contributed by atoms with E-state index < -0.39 is 0 Å². The van der Waals surface area contributed by atoms with Crippen LogP contribution in [0.15, 0.2) is 24.4 Å². The van der Waals surface area contributed by atoms with Gasteiger partial charge in [0.1, 0.15) is 19.0 Å². The lowest BCUT2D eigenvalue weighted by molar-refractivity contribution is 0.172. The molecule has 2 aromatic rings. The van der Waals surface area contributed by atoms with Crippen molar-refractivity contribution in [2.24, 2.45) is 0 Å². The van der Waals surface area contributed by atoms with Crippen LogP contribution in [0.25, 0.3) is 10.8 Å². The number of thioether (sulfide) groups is 1. The van der Waals surface area contributed by atoms with Gasteiger partial charge in [-0.3, -0.25) is 0 Å². The van der Waals surface area contributed by atoms with E-state index in [4.69, 9.17) is 9.47 Å². The fourth-order valence-corrected chi connectivity index (χ4v) is 3.01. The number of aromatic nitrogens is 1. The first-order valence-electron chi connectivity index (χ1n) is 7.22. The molecule has 0 spiro atoms. The highest BCUT2D eigenvalue weighted by Gasteiger charge is 2.15. The lowest BCUT2D eigenvalue weighted by Gasteiger charge is -2.20. The van der Waals surface area contributed by atoms with Crippen LogP contribution in [0.2, 0.25) is 0 Å². The number of pyridine rings is 1. The molecule has 1 aliphatic heterocycles. The van der Waals surface area contributed by atoms with Crippen LogP contribution in [-0.2, 0) is 0 Å². The standard InChI is InChI=1S/C16H20N2O2S/c1-11(4-8-21-2)18-16-13-10-15-14(19-6-7-20-15)9-12(13)3-5-17-16/h3,5,9-11H,4,6-8H2,1-2H3,(H,17,18). The molecule has 1 atom stereocenters. The molecular weight excluding hydrogens is 284 g/mol. The van der Waals surface area contributed by atoms with E-state index in [1.807, 2.05) is 36.2 Å². The Morgan fingerprint density at radius 3 is 2.81 bits per heavy atom. The van der Waals surface area contributed by atoms with E-state index in [-0.39, 0.29) is 0 Å². The van der Waals surface area contributed by atoms with Gasteiger partial charge in [-0.2, -0.15) is 11.8 Å². The maximum absolute atomic E-state index is 5.67. The molecule has 0 bridgehead atoms. The zero-order chi connectivity index (χ0) is 14.7. The van der Waals surface area contributed by atoms with E-state index in [1.165, 1.54) is 0 Å². The number of anilines is 1. The molecule has 0 saturated heterocycles. The number of rotatable bonds is 5. The molecule has 0 fully saturated rings. The Kier molecular flexibility index (Phi) is 4.39. The minimum Gasteiger partial charge on any atom is -0.486 e. The first kappa shape index (κ1) is 14.3. The van der Waals surface area contributed by atoms with Crippen LogP contribution in [0.4, 0.5) is 5.82 Å². The minimum absolute atomic E-state index is 0.392. The fourth-order valence-electron chi connectivity index (χ4n) is 2.42. The Morgan fingerprint density at radius 1 is 1.29 bits per heavy atom. The smallest absolute Gasteiger partial charge is 0.162 e. The second-order valence-electron chi connectivity index (χ2n) is 5.20. The second-order valence-corrected chi connectivity index (χ2v) is 6.19. The van der Waals surface area contributed by atoms with Gasteiger partial charge in [0.25, 0.3) is 0 Å². The highest BCUT2D eigenvalue weighted by atomic mass is 32.2. The third-order valence-corrected chi connectivity index (χ3v) is 4.21. The normalized spacial score (nSPS) is 15.0. The number of hydrogen-bond donors (Lipinski definition) is 1. The Morgan fingerprint density at radius 2 is 2.05 bits per heavy atom. The van der Waals surface area contributed by atoms with Crippen molar-refractivity contribution in [3.05, 3.63) is 24.4 Å². The molecule has 0 amide bonds. The zero-order valence-electron chi connectivity index (χ0n) is 12.4. The summed E-state index contributed by atoms with van der Waals surface area (Å²) in [6, 6.07) is 6.46. The highest BCUT2D eigenvalue weighted by Crippen LogP contribution is 2.36. The molecule has 1 aliphatic rings. The summed E-state index contributed by atoms with van der Waals surface area (Å²) < 4.78 is 11.3. The third-order valence-electron chi connectivity index (χ3n) is 3.57. The van der Waals surface area contributed by atoms with E-state index >= 15 is 0 Å². The Labute approximate surface area is 129 Å². The number of nitrogens with one attached hydrogen (secondary N) is 1. The number of benzene rings is 1. The van der Waals surface area contributed by atoms with E-state index in [2.05, 4.69) is 23.5 Å². The molecule has 1 unspecified atom stereocenters. The van der Waals surface area contributed by atoms with Crippen LogP contribution in [0.1, 0.15) is 13.3 Å². The zero-order valence-corrected chi connectivity index (χ0v) is 13.2. The van der Waals surface area contributed by atoms with E-state index in [1.54, 1.807) is 0 Å². The lowest BCUT2D eigenvalue weighted by Crippen LogP contribution is -2.17. The predicted octanol–water partition coefficient (Wildman–Crippen LogP) is 3.56. The van der Waals surface area contributed by atoms with Gasteiger partial charge in [-0.15, -0.1) is 0 Å². The molecule has 1 aromatic heterocycles. The van der Waals surface area contributed by atoms with E-state index in [9.17, 15) is 0 Å². The van der Waals surface area contributed by atoms with Gasteiger partial charge in [0, 0.05) is 17.6 Å². The van der Waals surface area contributed by atoms with Gasteiger partial charge in [-0.1, -0.05) is 0 Å². The highest BCUT2D eigenvalue weighted by molar-refractivity contribution is 7.98. The minimum atomic E-state index is 0.392. The molecule has 112 valence electrons. The van der Waals surface area contributed by atoms with Crippen LogP contribution in [0, 0.1) is 0 Å². The molecule has 5 heteroatoms. The largest absolute Gasteiger partial charge is 0.486 e. The van der Waals surface area contributed by atoms with Crippen LogP contribution in [0.5, 0.6) is 11.5 Å². The lowest BCUT2D eigenvalue weighted by atomic mass is 10.1. The summed E-state index contributed by atoms with van der Waals surface area (Å²) in [4.78, 5) is 4.49. The third kappa shape index (κ3) is 3.18. The summed E-state index contributed by atoms with van der Waals surface area (Å²) in [5, 5.41) is 5.71. The molecule has 1 aromatic carbocycles. The summed E-state index contributed by atoms with van der Waals surface area (Å²) in [5.41, 5.74) is 0. The molecule has 4 nitrogen and oxygen atoms in total. The Bertz CT molecular complexity index is 633. The Hall–Kier alpha value is -1.62. The molecule has 0 saturated carbocycles. The van der Waals surface area contributed by atoms with Crippen molar-refractivity contribution in [3.63, 3.8) is 0 Å². The van der Waals surface area contributed by atoms with Crippen molar-refractivity contribution in [1.29, 1.82) is 0 Å². The SMILES string of the molecule is CSCCC(C)Nc1nccc2cc3c(cc12)OCCO3. The van der Waals surface area contributed by atoms with Crippen molar-refractivity contribution in [2.75, 3.05) is 30.5 Å². The van der Waals surface area contributed by atoms with Gasteiger partial charge in [0.05, 0.1) is 0 Å². The number of ether oxygens (including phenoxy) is 2. The van der Waals surface area contributed by atoms with Gasteiger partial charge < -0.3 is 14.8 Å². The van der Waals surface area contributed by atoms with Gasteiger partial charge in [-0.25, -0.2) is 4.98 Å². The molecule has 0 radical (unpaired) electrons. The van der Waals surface area contributed by atoms with Crippen LogP contribution in [0.3, 0.4) is 0 Å². The molecular formula is C16H20N2O2S. The van der Waals surface area contributed by atoms with Crippen LogP contribution >= 0.6 is 11.8 Å². The molecule has 2 heterocycles. The van der Waals surface area contributed by atoms with Gasteiger partial charge >= 0.3 is 0 Å². The van der Waals surface area contributed by atoms with E-state index in [0.29, 0.717) is 19.3 Å². The number of nitrogens with zero attached hydrogens (tertiary/aromatic N) is 1. The topological polar surface area (TPSA) is 43.4 Å². The van der Waals surface area contributed by atoms with Gasteiger partial charge in [-0.05, 0) is 48.9 Å². The molecule has 3 rings (SSSR count). The summed E-state index contributed by atoms with van der Waals surface area (Å²) in [6.45, 7) is 3.40. The fraction of sp³-hybridized carbons (Fsp3) is 0.438.